The Balaban J connectivity index is 2.20. The normalized spacial score (nSPS) is 11.7. The van der Waals surface area contributed by atoms with Crippen molar-refractivity contribution in [2.24, 2.45) is 0 Å². The van der Waals surface area contributed by atoms with Crippen LogP contribution < -0.4 is 0 Å². The van der Waals surface area contributed by atoms with Crippen LogP contribution in [0.2, 0.25) is 0 Å². The van der Waals surface area contributed by atoms with Crippen LogP contribution >= 0.6 is 11.3 Å². The van der Waals surface area contributed by atoms with E-state index in [4.69, 9.17) is 5.11 Å². The van der Waals surface area contributed by atoms with Gasteiger partial charge in [-0.2, -0.15) is 0 Å². The van der Waals surface area contributed by atoms with E-state index in [1.807, 2.05) is 24.3 Å². The third kappa shape index (κ3) is 2.46. The molecule has 82 valence electrons. The lowest BCUT2D eigenvalue weighted by Gasteiger charge is -1.95. The number of aliphatic hydroxyl groups excluding tert-OH is 1. The first-order valence-corrected chi connectivity index (χ1v) is 5.59. The molecule has 0 bridgehead atoms. The number of pyridine rings is 1. The molecule has 0 aliphatic carbocycles. The highest BCUT2D eigenvalue weighted by atomic mass is 32.1. The van der Waals surface area contributed by atoms with Gasteiger partial charge in [0.15, 0.2) is 0 Å². The van der Waals surface area contributed by atoms with Gasteiger partial charge < -0.3 is 5.11 Å². The molecule has 0 aromatic carbocycles. The number of hydrogen-bond donors (Lipinski definition) is 1. The molecule has 2 aromatic rings. The topological polar surface area (TPSA) is 33.1 Å². The van der Waals surface area contributed by atoms with E-state index in [9.17, 15) is 4.39 Å². The first-order valence-electron chi connectivity index (χ1n) is 4.77. The van der Waals surface area contributed by atoms with Gasteiger partial charge in [-0.05, 0) is 29.8 Å². The second-order valence-corrected chi connectivity index (χ2v) is 4.42. The number of allylic oxidation sites excluding steroid dienone is 1. The number of aromatic nitrogens is 1. The predicted octanol–water partition coefficient (Wildman–Crippen LogP) is 3.72. The minimum Gasteiger partial charge on any atom is -0.513 e. The number of aliphatic hydroxyl groups is 1. The molecular formula is C12H10FNOS. The van der Waals surface area contributed by atoms with Crippen LogP contribution in [0.1, 0.15) is 4.88 Å². The van der Waals surface area contributed by atoms with E-state index in [-0.39, 0.29) is 6.42 Å². The third-order valence-corrected chi connectivity index (χ3v) is 3.24. The Kier molecular flexibility index (Phi) is 3.31. The first-order chi connectivity index (χ1) is 7.79. The maximum absolute atomic E-state index is 12.8. The van der Waals surface area contributed by atoms with Crippen molar-refractivity contribution in [3.05, 3.63) is 53.6 Å². The van der Waals surface area contributed by atoms with Crippen LogP contribution in [0, 0.1) is 0 Å². The van der Waals surface area contributed by atoms with Gasteiger partial charge in [0.25, 0.3) is 0 Å². The molecule has 0 aliphatic heterocycles. The van der Waals surface area contributed by atoms with Crippen LogP contribution in [-0.4, -0.2) is 10.1 Å². The van der Waals surface area contributed by atoms with Crippen LogP contribution in [0.5, 0.6) is 0 Å². The van der Waals surface area contributed by atoms with Crippen molar-refractivity contribution < 1.29 is 9.50 Å². The van der Waals surface area contributed by atoms with Crippen LogP contribution in [0.4, 0.5) is 4.39 Å². The minimum atomic E-state index is -0.525. The maximum atomic E-state index is 12.8. The van der Waals surface area contributed by atoms with Gasteiger partial charge in [0.1, 0.15) is 12.1 Å². The van der Waals surface area contributed by atoms with E-state index in [0.29, 0.717) is 6.26 Å². The van der Waals surface area contributed by atoms with Gasteiger partial charge >= 0.3 is 0 Å². The fraction of sp³-hybridized carbons (Fsp3) is 0.0833. The molecule has 0 aliphatic rings. The summed E-state index contributed by atoms with van der Waals surface area (Å²) in [5.41, 5.74) is 1.07. The monoisotopic (exact) mass is 235 g/mol. The minimum absolute atomic E-state index is 0.145. The molecule has 0 amide bonds. The van der Waals surface area contributed by atoms with E-state index in [2.05, 4.69) is 4.98 Å². The van der Waals surface area contributed by atoms with E-state index in [0.717, 1.165) is 15.3 Å². The molecule has 0 saturated carbocycles. The van der Waals surface area contributed by atoms with Crippen LogP contribution in [0.3, 0.4) is 0 Å². The Morgan fingerprint density at radius 2 is 2.06 bits per heavy atom. The van der Waals surface area contributed by atoms with Gasteiger partial charge in [-0.1, -0.05) is 0 Å². The fourth-order valence-corrected chi connectivity index (χ4v) is 2.37. The molecule has 4 heteroatoms. The number of hydrogen-bond acceptors (Lipinski definition) is 3. The molecule has 2 heterocycles. The Hall–Kier alpha value is -1.68. The largest absolute Gasteiger partial charge is 0.513 e. The molecule has 16 heavy (non-hydrogen) atoms. The van der Waals surface area contributed by atoms with Gasteiger partial charge in [0.2, 0.25) is 0 Å². The van der Waals surface area contributed by atoms with Gasteiger partial charge in [0.05, 0.1) is 0 Å². The molecule has 0 saturated heterocycles. The number of halogens is 1. The summed E-state index contributed by atoms with van der Waals surface area (Å²) in [7, 11) is 0. The Morgan fingerprint density at radius 1 is 1.31 bits per heavy atom. The predicted molar refractivity (Wildman–Crippen MR) is 63.1 cm³/mol. The molecular weight excluding hydrogens is 225 g/mol. The quantitative estimate of drug-likeness (QED) is 0.822. The van der Waals surface area contributed by atoms with Crippen molar-refractivity contribution in [2.45, 2.75) is 6.42 Å². The van der Waals surface area contributed by atoms with Crippen LogP contribution in [0.15, 0.2) is 48.7 Å². The molecule has 0 atom stereocenters. The highest BCUT2D eigenvalue weighted by Crippen LogP contribution is 2.28. The van der Waals surface area contributed by atoms with Gasteiger partial charge in [0, 0.05) is 28.6 Å². The molecule has 0 fully saturated rings. The zero-order valence-electron chi connectivity index (χ0n) is 8.43. The van der Waals surface area contributed by atoms with E-state index in [1.165, 1.54) is 11.3 Å². The fourth-order valence-electron chi connectivity index (χ4n) is 1.36. The molecule has 2 aromatic heterocycles. The Bertz CT molecular complexity index is 493. The number of thiophene rings is 1. The van der Waals surface area contributed by atoms with Crippen molar-refractivity contribution in [1.29, 1.82) is 0 Å². The average Bonchev–Trinajstić information content (AvgIpc) is 2.78. The summed E-state index contributed by atoms with van der Waals surface area (Å²) >= 11 is 1.51. The van der Waals surface area contributed by atoms with Crippen molar-refractivity contribution in [2.75, 3.05) is 0 Å². The molecule has 0 radical (unpaired) electrons. The average molecular weight is 235 g/mol. The summed E-state index contributed by atoms with van der Waals surface area (Å²) in [6.07, 6.45) is 4.10. The van der Waals surface area contributed by atoms with E-state index in [1.54, 1.807) is 12.4 Å². The van der Waals surface area contributed by atoms with Crippen molar-refractivity contribution >= 4 is 11.3 Å². The van der Waals surface area contributed by atoms with Crippen molar-refractivity contribution in [3.63, 3.8) is 0 Å². The van der Waals surface area contributed by atoms with E-state index >= 15 is 0 Å². The van der Waals surface area contributed by atoms with Crippen molar-refractivity contribution in [3.8, 4) is 10.4 Å². The lowest BCUT2D eigenvalue weighted by atomic mass is 10.2. The molecule has 2 rings (SSSR count). The van der Waals surface area contributed by atoms with Crippen LogP contribution in [-0.2, 0) is 6.42 Å². The summed E-state index contributed by atoms with van der Waals surface area (Å²) < 4.78 is 12.8. The zero-order chi connectivity index (χ0) is 11.4. The van der Waals surface area contributed by atoms with Crippen LogP contribution in [0.25, 0.3) is 10.4 Å². The molecule has 0 unspecified atom stereocenters. The SMILES string of the molecule is O/C=C(\F)Cc1ccc(-c2ccncc2)s1. The molecule has 2 nitrogen and oxygen atoms in total. The Labute approximate surface area is 96.7 Å². The summed E-state index contributed by atoms with van der Waals surface area (Å²) in [5.74, 6) is -0.525. The Morgan fingerprint density at radius 3 is 2.75 bits per heavy atom. The second kappa shape index (κ2) is 4.90. The lowest BCUT2D eigenvalue weighted by molar-refractivity contribution is 0.436. The number of nitrogens with zero attached hydrogens (tertiary/aromatic N) is 1. The number of rotatable bonds is 3. The third-order valence-electron chi connectivity index (χ3n) is 2.11. The maximum Gasteiger partial charge on any atom is 0.139 e. The highest BCUT2D eigenvalue weighted by molar-refractivity contribution is 7.15. The summed E-state index contributed by atoms with van der Waals surface area (Å²) in [6.45, 7) is 0. The standard InChI is InChI=1S/C12H10FNOS/c13-10(8-15)7-11-1-2-12(16-11)9-3-5-14-6-4-9/h1-6,8,15H,7H2/b10-8-. The summed E-state index contributed by atoms with van der Waals surface area (Å²) in [4.78, 5) is 5.90. The van der Waals surface area contributed by atoms with Gasteiger partial charge in [-0.3, -0.25) is 4.98 Å². The summed E-state index contributed by atoms with van der Waals surface area (Å²) in [5, 5.41) is 8.48. The molecule has 1 N–H and O–H groups in total. The summed E-state index contributed by atoms with van der Waals surface area (Å²) in [6, 6.07) is 7.63. The van der Waals surface area contributed by atoms with Crippen molar-refractivity contribution in [1.82, 2.24) is 4.98 Å². The first kappa shape index (κ1) is 10.8. The lowest BCUT2D eigenvalue weighted by Crippen LogP contribution is -1.79. The zero-order valence-corrected chi connectivity index (χ0v) is 9.25. The molecule has 0 spiro atoms. The van der Waals surface area contributed by atoms with Gasteiger partial charge in [-0.15, -0.1) is 11.3 Å². The van der Waals surface area contributed by atoms with Gasteiger partial charge in [-0.25, -0.2) is 4.39 Å². The second-order valence-electron chi connectivity index (χ2n) is 3.25. The highest BCUT2D eigenvalue weighted by Gasteiger charge is 2.04. The smallest absolute Gasteiger partial charge is 0.139 e. The van der Waals surface area contributed by atoms with E-state index < -0.39 is 5.83 Å².